The Balaban J connectivity index is 1.53. The van der Waals surface area contributed by atoms with Gasteiger partial charge in [-0.25, -0.2) is 0 Å². The van der Waals surface area contributed by atoms with E-state index in [1.807, 2.05) is 48.2 Å². The third-order valence-electron chi connectivity index (χ3n) is 3.61. The molecule has 2 amide bonds. The largest absolute Gasteiger partial charge is 0.468 e. The summed E-state index contributed by atoms with van der Waals surface area (Å²) in [5, 5.41) is 5.57. The number of nitrogens with zero attached hydrogens (tertiary/aromatic N) is 2. The van der Waals surface area contributed by atoms with E-state index in [1.54, 1.807) is 12.5 Å². The lowest BCUT2D eigenvalue weighted by atomic mass is 10.4. The molecule has 0 saturated heterocycles. The van der Waals surface area contributed by atoms with E-state index in [9.17, 15) is 9.59 Å². The summed E-state index contributed by atoms with van der Waals surface area (Å²) in [6.07, 6.45) is 3.22. The molecule has 0 aliphatic rings. The Bertz CT molecular complexity index is 597. The fraction of sp³-hybridized carbons (Fsp3) is 0.444. The smallest absolute Gasteiger partial charge is 0.234 e. The quantitative estimate of drug-likeness (QED) is 0.571. The first-order valence-electron chi connectivity index (χ1n) is 8.48. The first kappa shape index (κ1) is 19.7. The highest BCUT2D eigenvalue weighted by molar-refractivity contribution is 5.79. The predicted octanol–water partition coefficient (Wildman–Crippen LogP) is 0.669. The molecule has 0 aromatic carbocycles. The first-order chi connectivity index (χ1) is 12.5. The van der Waals surface area contributed by atoms with Gasteiger partial charge in [0, 0.05) is 13.1 Å². The van der Waals surface area contributed by atoms with E-state index in [-0.39, 0.29) is 24.9 Å². The molecule has 0 saturated carbocycles. The van der Waals surface area contributed by atoms with E-state index >= 15 is 0 Å². The summed E-state index contributed by atoms with van der Waals surface area (Å²) in [4.78, 5) is 27.4. The van der Waals surface area contributed by atoms with Gasteiger partial charge < -0.3 is 19.5 Å². The molecule has 8 heteroatoms. The minimum atomic E-state index is -0.0942. The highest BCUT2D eigenvalue weighted by Crippen LogP contribution is 2.03. The van der Waals surface area contributed by atoms with Crippen LogP contribution in [0.4, 0.5) is 0 Å². The van der Waals surface area contributed by atoms with Crippen LogP contribution in [0.1, 0.15) is 11.5 Å². The summed E-state index contributed by atoms with van der Waals surface area (Å²) in [5.74, 6) is 1.43. The lowest BCUT2D eigenvalue weighted by Crippen LogP contribution is -2.41. The normalized spacial score (nSPS) is 11.1. The van der Waals surface area contributed by atoms with Crippen molar-refractivity contribution in [2.24, 2.45) is 0 Å². The van der Waals surface area contributed by atoms with Gasteiger partial charge >= 0.3 is 0 Å². The number of furan rings is 2. The third-order valence-corrected chi connectivity index (χ3v) is 3.61. The van der Waals surface area contributed by atoms with Crippen molar-refractivity contribution in [1.82, 2.24) is 20.4 Å². The topological polar surface area (TPSA) is 91.0 Å². The van der Waals surface area contributed by atoms with Gasteiger partial charge in [-0.15, -0.1) is 0 Å². The molecule has 0 aliphatic carbocycles. The van der Waals surface area contributed by atoms with Crippen molar-refractivity contribution in [2.45, 2.75) is 13.1 Å². The second-order valence-electron chi connectivity index (χ2n) is 6.20. The Morgan fingerprint density at radius 2 is 1.27 bits per heavy atom. The standard InChI is InChI=1S/C18H26N4O4/c1-21(11-15-5-3-9-25-15)13-17(23)19-7-8-20-18(24)14-22(2)12-16-6-4-10-26-16/h3-6,9-10H,7-8,11-14H2,1-2H3,(H,19,23)(H,20,24). The number of likely N-dealkylation sites (N-methyl/N-ethyl adjacent to an activating group) is 2. The number of hydrogen-bond donors (Lipinski definition) is 2. The van der Waals surface area contributed by atoms with E-state index in [2.05, 4.69) is 10.6 Å². The predicted molar refractivity (Wildman–Crippen MR) is 96.1 cm³/mol. The Kier molecular flexibility index (Phi) is 7.91. The number of nitrogens with one attached hydrogen (secondary N) is 2. The molecule has 0 radical (unpaired) electrons. The van der Waals surface area contributed by atoms with E-state index in [0.29, 0.717) is 26.2 Å². The average molecular weight is 362 g/mol. The van der Waals surface area contributed by atoms with Gasteiger partial charge in [-0.2, -0.15) is 0 Å². The van der Waals surface area contributed by atoms with Crippen molar-refractivity contribution in [3.8, 4) is 0 Å². The van der Waals surface area contributed by atoms with Crippen LogP contribution in [0, 0.1) is 0 Å². The van der Waals surface area contributed by atoms with Crippen LogP contribution >= 0.6 is 0 Å². The van der Waals surface area contributed by atoms with Gasteiger partial charge in [0.1, 0.15) is 11.5 Å². The van der Waals surface area contributed by atoms with Crippen LogP contribution in [0.15, 0.2) is 45.6 Å². The molecule has 0 unspecified atom stereocenters. The molecule has 0 aliphatic heterocycles. The minimum Gasteiger partial charge on any atom is -0.468 e. The van der Waals surface area contributed by atoms with Gasteiger partial charge in [-0.3, -0.25) is 19.4 Å². The van der Waals surface area contributed by atoms with Crippen LogP contribution < -0.4 is 10.6 Å². The van der Waals surface area contributed by atoms with E-state index in [0.717, 1.165) is 11.5 Å². The van der Waals surface area contributed by atoms with Crippen LogP contribution in [0.3, 0.4) is 0 Å². The molecular formula is C18H26N4O4. The molecule has 2 heterocycles. The van der Waals surface area contributed by atoms with E-state index < -0.39 is 0 Å². The second-order valence-corrected chi connectivity index (χ2v) is 6.20. The van der Waals surface area contributed by atoms with Crippen LogP contribution in [-0.2, 0) is 22.7 Å². The maximum atomic E-state index is 11.9. The fourth-order valence-electron chi connectivity index (χ4n) is 2.45. The zero-order valence-electron chi connectivity index (χ0n) is 15.2. The maximum Gasteiger partial charge on any atom is 0.234 e. The summed E-state index contributed by atoms with van der Waals surface area (Å²) >= 11 is 0. The number of carbonyl (C=O) groups is 2. The SMILES string of the molecule is CN(CC(=O)NCCNC(=O)CN(C)Cc1ccco1)Cc1ccco1. The van der Waals surface area contributed by atoms with Crippen molar-refractivity contribution in [3.63, 3.8) is 0 Å². The second kappa shape index (κ2) is 10.4. The van der Waals surface area contributed by atoms with Crippen molar-refractivity contribution >= 4 is 11.8 Å². The Morgan fingerprint density at radius 3 is 1.62 bits per heavy atom. The number of rotatable bonds is 11. The van der Waals surface area contributed by atoms with Crippen LogP contribution in [0.25, 0.3) is 0 Å². The fourth-order valence-corrected chi connectivity index (χ4v) is 2.45. The van der Waals surface area contributed by atoms with Crippen LogP contribution in [0.2, 0.25) is 0 Å². The minimum absolute atomic E-state index is 0.0942. The van der Waals surface area contributed by atoms with Crippen LogP contribution in [-0.4, -0.2) is 61.9 Å². The van der Waals surface area contributed by atoms with Gasteiger partial charge in [0.2, 0.25) is 11.8 Å². The summed E-state index contributed by atoms with van der Waals surface area (Å²) in [5.41, 5.74) is 0. The number of carbonyl (C=O) groups excluding carboxylic acids is 2. The lowest BCUT2D eigenvalue weighted by molar-refractivity contribution is -0.123. The molecule has 2 N–H and O–H groups in total. The molecule has 2 aromatic rings. The highest BCUT2D eigenvalue weighted by atomic mass is 16.3. The Labute approximate surface area is 153 Å². The number of amides is 2. The summed E-state index contributed by atoms with van der Waals surface area (Å²) < 4.78 is 10.5. The van der Waals surface area contributed by atoms with Gasteiger partial charge in [-0.05, 0) is 38.4 Å². The third kappa shape index (κ3) is 7.54. The zero-order valence-corrected chi connectivity index (χ0v) is 15.2. The van der Waals surface area contributed by atoms with Gasteiger partial charge in [0.25, 0.3) is 0 Å². The molecule has 142 valence electrons. The van der Waals surface area contributed by atoms with E-state index in [1.165, 1.54) is 0 Å². The number of hydrogen-bond acceptors (Lipinski definition) is 6. The molecule has 0 atom stereocenters. The molecule has 26 heavy (non-hydrogen) atoms. The van der Waals surface area contributed by atoms with Crippen molar-refractivity contribution in [2.75, 3.05) is 40.3 Å². The van der Waals surface area contributed by atoms with E-state index in [4.69, 9.17) is 8.83 Å². The van der Waals surface area contributed by atoms with Crippen molar-refractivity contribution in [3.05, 3.63) is 48.3 Å². The molecule has 0 bridgehead atoms. The lowest BCUT2D eigenvalue weighted by Gasteiger charge is -2.16. The Hall–Kier alpha value is -2.58. The summed E-state index contributed by atoms with van der Waals surface area (Å²) in [6, 6.07) is 7.37. The summed E-state index contributed by atoms with van der Waals surface area (Å²) in [7, 11) is 3.69. The van der Waals surface area contributed by atoms with Gasteiger partial charge in [-0.1, -0.05) is 0 Å². The Morgan fingerprint density at radius 1 is 0.846 bits per heavy atom. The molecule has 0 fully saturated rings. The highest BCUT2D eigenvalue weighted by Gasteiger charge is 2.10. The molecule has 2 aromatic heterocycles. The molecular weight excluding hydrogens is 336 g/mol. The first-order valence-corrected chi connectivity index (χ1v) is 8.48. The van der Waals surface area contributed by atoms with Crippen molar-refractivity contribution in [1.29, 1.82) is 0 Å². The molecule has 8 nitrogen and oxygen atoms in total. The van der Waals surface area contributed by atoms with Gasteiger partial charge in [0.15, 0.2) is 0 Å². The van der Waals surface area contributed by atoms with Crippen molar-refractivity contribution < 1.29 is 18.4 Å². The molecule has 2 rings (SSSR count). The monoisotopic (exact) mass is 362 g/mol. The zero-order chi connectivity index (χ0) is 18.8. The average Bonchev–Trinajstić information content (AvgIpc) is 3.25. The van der Waals surface area contributed by atoms with Crippen LogP contribution in [0.5, 0.6) is 0 Å². The molecule has 0 spiro atoms. The summed E-state index contributed by atoms with van der Waals surface area (Å²) in [6.45, 7) is 2.45. The maximum absolute atomic E-state index is 11.9. The van der Waals surface area contributed by atoms with Gasteiger partial charge in [0.05, 0.1) is 38.7 Å².